The van der Waals surface area contributed by atoms with Crippen molar-refractivity contribution in [2.45, 2.75) is 94.2 Å². The normalized spacial score (nSPS) is 60.3. The third kappa shape index (κ3) is 1.77. The second kappa shape index (κ2) is 5.19. The number of Topliss-reactive ketones (excluding diaryl/α,β-unsaturated/α-hetero) is 1. The number of carbonyl (C=O) groups is 3. The summed E-state index contributed by atoms with van der Waals surface area (Å²) in [4.78, 5) is 37.9. The van der Waals surface area contributed by atoms with E-state index in [0.29, 0.717) is 19.3 Å². The van der Waals surface area contributed by atoms with Crippen LogP contribution in [-0.4, -0.2) is 53.8 Å². The maximum Gasteiger partial charge on any atom is 0.309 e. The van der Waals surface area contributed by atoms with Gasteiger partial charge in [0.25, 0.3) is 0 Å². The molecule has 7 rings (SSSR count). The molecule has 0 aromatic rings. The van der Waals surface area contributed by atoms with Crippen LogP contribution >= 0.6 is 0 Å². The van der Waals surface area contributed by atoms with Crippen LogP contribution < -0.4 is 0 Å². The van der Waals surface area contributed by atoms with Gasteiger partial charge in [0.05, 0.1) is 19.1 Å². The summed E-state index contributed by atoms with van der Waals surface area (Å²) in [5.41, 5.74) is -2.00. The number of esters is 2. The summed E-state index contributed by atoms with van der Waals surface area (Å²) in [6.45, 7) is 4.50. The molecule has 0 amide bonds. The molecule has 0 aromatic carbocycles. The number of hydrogen-bond donors (Lipinski definition) is 0. The summed E-state index contributed by atoms with van der Waals surface area (Å²) >= 11 is 0. The predicted molar refractivity (Wildman–Crippen MR) is 105 cm³/mol. The number of epoxide rings is 2. The van der Waals surface area contributed by atoms with E-state index in [1.165, 1.54) is 7.11 Å². The average Bonchev–Trinajstić information content (AvgIpc) is 3.59. The fraction of sp³-hybridized carbons (Fsp3) is 0.875. The second-order valence-corrected chi connectivity index (χ2v) is 11.7. The first-order valence-corrected chi connectivity index (χ1v) is 11.9. The third-order valence-electron chi connectivity index (χ3n) is 11.2. The highest BCUT2D eigenvalue weighted by Gasteiger charge is 2.91. The van der Waals surface area contributed by atoms with Gasteiger partial charge in [0.15, 0.2) is 5.78 Å². The summed E-state index contributed by atoms with van der Waals surface area (Å²) in [5, 5.41) is 0. The molecule has 7 nitrogen and oxygen atoms in total. The molecule has 4 aliphatic carbocycles. The first kappa shape index (κ1) is 19.0. The molecule has 7 fully saturated rings. The van der Waals surface area contributed by atoms with Crippen LogP contribution in [0.4, 0.5) is 0 Å². The minimum atomic E-state index is -0.601. The Morgan fingerprint density at radius 1 is 1.06 bits per heavy atom. The van der Waals surface area contributed by atoms with Crippen molar-refractivity contribution < 1.29 is 33.3 Å². The lowest BCUT2D eigenvalue weighted by Crippen LogP contribution is -2.68. The van der Waals surface area contributed by atoms with Gasteiger partial charge in [-0.1, -0.05) is 13.8 Å². The molecule has 0 bridgehead atoms. The van der Waals surface area contributed by atoms with E-state index in [2.05, 4.69) is 13.8 Å². The van der Waals surface area contributed by atoms with Crippen molar-refractivity contribution in [2.75, 3.05) is 7.11 Å². The van der Waals surface area contributed by atoms with Crippen LogP contribution in [0.1, 0.15) is 65.2 Å². The number of carbonyl (C=O) groups excluding carboxylic acids is 3. The fourth-order valence-corrected chi connectivity index (χ4v) is 9.63. The molecule has 3 heterocycles. The van der Waals surface area contributed by atoms with Gasteiger partial charge in [-0.15, -0.1) is 0 Å². The standard InChI is InChI=1S/C24H30O7/c1-20-11-15-24(29-15)17(13(20)4-8-22(20)9-6-16(26)30-22)12(19(27)28-3)10-23-18(31-23)14(25)5-7-21(23,24)2/h12-13,15,17-18H,4-11H2,1-3H3/t12-,13?,15-,17?,18-,20?,21?,22-,23-,24-/m1/s1. The summed E-state index contributed by atoms with van der Waals surface area (Å²) in [7, 11) is 1.44. The summed E-state index contributed by atoms with van der Waals surface area (Å²) in [6, 6.07) is 0. The van der Waals surface area contributed by atoms with Crippen molar-refractivity contribution in [3.63, 3.8) is 0 Å². The Hall–Kier alpha value is -1.47. The van der Waals surface area contributed by atoms with Crippen LogP contribution in [0.3, 0.4) is 0 Å². The Labute approximate surface area is 181 Å². The van der Waals surface area contributed by atoms with Crippen molar-refractivity contribution in [1.29, 1.82) is 0 Å². The molecular weight excluding hydrogens is 400 g/mol. The highest BCUT2D eigenvalue weighted by atomic mass is 16.6. The van der Waals surface area contributed by atoms with Gasteiger partial charge in [0.2, 0.25) is 0 Å². The maximum atomic E-state index is 13.2. The van der Waals surface area contributed by atoms with Crippen LogP contribution in [0.2, 0.25) is 0 Å². The Balaban J connectivity index is 1.37. The van der Waals surface area contributed by atoms with Crippen molar-refractivity contribution >= 4 is 17.7 Å². The van der Waals surface area contributed by atoms with Gasteiger partial charge < -0.3 is 18.9 Å². The van der Waals surface area contributed by atoms with Gasteiger partial charge in [-0.25, -0.2) is 0 Å². The Kier molecular flexibility index (Phi) is 3.19. The molecule has 4 unspecified atom stereocenters. The fourth-order valence-electron chi connectivity index (χ4n) is 9.63. The van der Waals surface area contributed by atoms with E-state index >= 15 is 0 Å². The van der Waals surface area contributed by atoms with E-state index in [1.54, 1.807) is 0 Å². The number of rotatable bonds is 1. The molecule has 4 saturated carbocycles. The third-order valence-corrected chi connectivity index (χ3v) is 11.2. The van der Waals surface area contributed by atoms with Gasteiger partial charge in [-0.3, -0.25) is 14.4 Å². The smallest absolute Gasteiger partial charge is 0.309 e. The van der Waals surface area contributed by atoms with E-state index < -0.39 is 22.9 Å². The molecule has 0 aromatic heterocycles. The molecular formula is C24H30O7. The van der Waals surface area contributed by atoms with Crippen molar-refractivity contribution in [3.05, 3.63) is 0 Å². The van der Waals surface area contributed by atoms with E-state index in [0.717, 1.165) is 32.1 Å². The largest absolute Gasteiger partial charge is 0.469 e. The number of methoxy groups -OCH3 is 1. The zero-order valence-electron chi connectivity index (χ0n) is 18.4. The second-order valence-electron chi connectivity index (χ2n) is 11.7. The van der Waals surface area contributed by atoms with Crippen LogP contribution in [0.15, 0.2) is 0 Å². The molecule has 3 spiro atoms. The van der Waals surface area contributed by atoms with Crippen molar-refractivity contribution in [1.82, 2.24) is 0 Å². The lowest BCUT2D eigenvalue weighted by molar-refractivity contribution is -0.184. The molecule has 10 atom stereocenters. The van der Waals surface area contributed by atoms with E-state index in [1.807, 2.05) is 0 Å². The molecule has 168 valence electrons. The first-order chi connectivity index (χ1) is 14.7. The molecule has 7 aliphatic rings. The molecule has 31 heavy (non-hydrogen) atoms. The predicted octanol–water partition coefficient (Wildman–Crippen LogP) is 2.34. The first-order valence-electron chi connectivity index (χ1n) is 11.9. The van der Waals surface area contributed by atoms with Gasteiger partial charge in [0.1, 0.15) is 22.9 Å². The monoisotopic (exact) mass is 430 g/mol. The van der Waals surface area contributed by atoms with E-state index in [9.17, 15) is 14.4 Å². The summed E-state index contributed by atoms with van der Waals surface area (Å²) in [6.07, 6.45) is 5.22. The summed E-state index contributed by atoms with van der Waals surface area (Å²) in [5.74, 6) is -0.325. The Morgan fingerprint density at radius 2 is 1.87 bits per heavy atom. The average molecular weight is 430 g/mol. The van der Waals surface area contributed by atoms with Crippen LogP contribution in [-0.2, 0) is 33.3 Å². The van der Waals surface area contributed by atoms with E-state index in [4.69, 9.17) is 18.9 Å². The lowest BCUT2D eigenvalue weighted by Gasteiger charge is -2.59. The highest BCUT2D eigenvalue weighted by Crippen LogP contribution is 2.82. The number of ketones is 1. The Morgan fingerprint density at radius 3 is 2.58 bits per heavy atom. The minimum absolute atomic E-state index is 0.000380. The van der Waals surface area contributed by atoms with Gasteiger partial charge in [-0.05, 0) is 44.4 Å². The van der Waals surface area contributed by atoms with E-state index in [-0.39, 0.29) is 52.4 Å². The van der Waals surface area contributed by atoms with Crippen LogP contribution in [0, 0.1) is 28.6 Å². The lowest BCUT2D eigenvalue weighted by atomic mass is 9.41. The van der Waals surface area contributed by atoms with Gasteiger partial charge in [-0.2, -0.15) is 0 Å². The quantitative estimate of drug-likeness (QED) is 0.465. The SMILES string of the molecule is COC(=O)[C@@H]1C[C@@]23O[C@@H]2C(=O)CCC3(C)[C@@]23O[C@@H]2CC2(C)C(CC[C@@]24CCC(=O)O4)C13. The number of hydrogen-bond acceptors (Lipinski definition) is 7. The highest BCUT2D eigenvalue weighted by molar-refractivity contribution is 5.89. The summed E-state index contributed by atoms with van der Waals surface area (Å²) < 4.78 is 24.2. The Bertz CT molecular complexity index is 946. The molecule has 3 aliphatic heterocycles. The molecule has 3 saturated heterocycles. The molecule has 0 N–H and O–H groups in total. The zero-order chi connectivity index (χ0) is 21.6. The molecule has 0 radical (unpaired) electrons. The molecule has 7 heteroatoms. The van der Waals surface area contributed by atoms with Gasteiger partial charge in [0, 0.05) is 29.6 Å². The van der Waals surface area contributed by atoms with Crippen LogP contribution in [0.5, 0.6) is 0 Å². The van der Waals surface area contributed by atoms with Crippen molar-refractivity contribution in [3.8, 4) is 0 Å². The van der Waals surface area contributed by atoms with Gasteiger partial charge >= 0.3 is 11.9 Å². The topological polar surface area (TPSA) is 94.7 Å². The number of ether oxygens (including phenoxy) is 4. The zero-order valence-corrected chi connectivity index (χ0v) is 18.4. The number of fused-ring (bicyclic) bond motifs is 3. The van der Waals surface area contributed by atoms with Crippen molar-refractivity contribution in [2.24, 2.45) is 28.6 Å². The maximum absolute atomic E-state index is 13.2. The minimum Gasteiger partial charge on any atom is -0.469 e. The van der Waals surface area contributed by atoms with Crippen LogP contribution in [0.25, 0.3) is 0 Å².